The molecule has 2 aliphatic heterocycles. The molecule has 0 saturated carbocycles. The van der Waals surface area contributed by atoms with Crippen LogP contribution in [-0.4, -0.2) is 19.5 Å². The van der Waals surface area contributed by atoms with Crippen molar-refractivity contribution < 1.29 is 0 Å². The molecule has 0 aliphatic carbocycles. The number of H-pyrrole nitrogens is 1. The van der Waals surface area contributed by atoms with E-state index < -0.39 is 11.2 Å². The van der Waals surface area contributed by atoms with Gasteiger partial charge in [0.15, 0.2) is 11.5 Å². The molecule has 114 valence electrons. The first kappa shape index (κ1) is 14.4. The van der Waals surface area contributed by atoms with Gasteiger partial charge in [0.05, 0.1) is 11.0 Å². The lowest BCUT2D eigenvalue weighted by Crippen LogP contribution is -2.29. The second-order valence-corrected chi connectivity index (χ2v) is 5.59. The number of unbranched alkanes of at least 4 members (excludes halogenated alkanes) is 1. The first-order valence-corrected chi connectivity index (χ1v) is 7.43. The largest absolute Gasteiger partial charge is 0.349 e. The maximum Gasteiger partial charge on any atom is 0.349 e. The van der Waals surface area contributed by atoms with Crippen LogP contribution in [0.25, 0.3) is 22.6 Å². The maximum absolute atomic E-state index is 12.0. The third-order valence-electron chi connectivity index (χ3n) is 3.96. The molecule has 0 spiro atoms. The summed E-state index contributed by atoms with van der Waals surface area (Å²) in [5.41, 5.74) is 3.01. The van der Waals surface area contributed by atoms with Gasteiger partial charge in [-0.25, -0.2) is 9.78 Å². The summed E-state index contributed by atoms with van der Waals surface area (Å²) in [4.78, 5) is 34.2. The highest BCUT2D eigenvalue weighted by Crippen LogP contribution is 2.24. The Morgan fingerprint density at radius 1 is 1.14 bits per heavy atom. The Kier molecular flexibility index (Phi) is 3.52. The fourth-order valence-electron chi connectivity index (χ4n) is 2.59. The van der Waals surface area contributed by atoms with E-state index >= 15 is 0 Å². The summed E-state index contributed by atoms with van der Waals surface area (Å²) >= 11 is 0. The molecule has 2 heterocycles. The van der Waals surface area contributed by atoms with Gasteiger partial charge >= 0.3 is 5.69 Å². The van der Waals surface area contributed by atoms with Crippen molar-refractivity contribution in [1.82, 2.24) is 19.5 Å². The Bertz CT molecular complexity index is 939. The molecule has 0 unspecified atom stereocenters. The van der Waals surface area contributed by atoms with Crippen molar-refractivity contribution in [3.8, 4) is 11.5 Å². The van der Waals surface area contributed by atoms with E-state index in [0.29, 0.717) is 12.4 Å². The fraction of sp³-hybridized carbons (Fsp3) is 0.375. The van der Waals surface area contributed by atoms with Crippen molar-refractivity contribution in [3.05, 3.63) is 44.1 Å². The van der Waals surface area contributed by atoms with Gasteiger partial charge < -0.3 is 4.57 Å². The van der Waals surface area contributed by atoms with Crippen LogP contribution in [0.5, 0.6) is 0 Å². The molecule has 0 amide bonds. The number of nitrogens with zero attached hydrogens (tertiary/aromatic N) is 3. The number of aromatic amines is 1. The summed E-state index contributed by atoms with van der Waals surface area (Å²) in [5.74, 6) is 0.359. The van der Waals surface area contributed by atoms with Crippen LogP contribution < -0.4 is 11.2 Å². The standard InChI is InChI=1S/C16H18N4O2/c1-4-5-6-20-12-8-10(3)9(2)7-11(12)17-13-14(20)18-16(22)19-15(13)21/h7-8H,4-6H2,1-3H3,(H,19,21,22). The van der Waals surface area contributed by atoms with Crippen LogP contribution >= 0.6 is 0 Å². The summed E-state index contributed by atoms with van der Waals surface area (Å²) in [6.07, 6.45) is 1.95. The van der Waals surface area contributed by atoms with E-state index in [1.807, 2.05) is 30.5 Å². The van der Waals surface area contributed by atoms with Crippen molar-refractivity contribution in [2.75, 3.05) is 0 Å². The second kappa shape index (κ2) is 5.36. The van der Waals surface area contributed by atoms with Crippen molar-refractivity contribution in [2.24, 2.45) is 0 Å². The lowest BCUT2D eigenvalue weighted by Gasteiger charge is -2.17. The monoisotopic (exact) mass is 298 g/mol. The molecule has 6 nitrogen and oxygen atoms in total. The van der Waals surface area contributed by atoms with Gasteiger partial charge in [-0.05, 0) is 43.5 Å². The van der Waals surface area contributed by atoms with Gasteiger partial charge in [-0.3, -0.25) is 9.78 Å². The van der Waals surface area contributed by atoms with Gasteiger partial charge in [-0.1, -0.05) is 13.3 Å². The molecule has 22 heavy (non-hydrogen) atoms. The lowest BCUT2D eigenvalue weighted by atomic mass is 10.1. The molecule has 1 aromatic rings. The summed E-state index contributed by atoms with van der Waals surface area (Å²) in [6.45, 7) is 6.85. The van der Waals surface area contributed by atoms with E-state index in [-0.39, 0.29) is 5.69 Å². The second-order valence-electron chi connectivity index (χ2n) is 5.59. The van der Waals surface area contributed by atoms with E-state index in [4.69, 9.17) is 0 Å². The molecule has 1 N–H and O–H groups in total. The maximum atomic E-state index is 12.0. The third kappa shape index (κ3) is 2.30. The van der Waals surface area contributed by atoms with Crippen molar-refractivity contribution in [3.63, 3.8) is 0 Å². The summed E-state index contributed by atoms with van der Waals surface area (Å²) < 4.78 is 1.93. The van der Waals surface area contributed by atoms with Gasteiger partial charge in [0.1, 0.15) is 0 Å². The molecule has 0 fully saturated rings. The Hall–Kier alpha value is -2.50. The quantitative estimate of drug-likeness (QED) is 0.750. The number of fused-ring (bicyclic) bond motifs is 2. The molecular weight excluding hydrogens is 280 g/mol. The van der Waals surface area contributed by atoms with Gasteiger partial charge in [0.25, 0.3) is 5.56 Å². The zero-order valence-electron chi connectivity index (χ0n) is 12.9. The highest BCUT2D eigenvalue weighted by Gasteiger charge is 2.18. The predicted molar refractivity (Wildman–Crippen MR) is 85.4 cm³/mol. The summed E-state index contributed by atoms with van der Waals surface area (Å²) in [7, 11) is 0. The van der Waals surface area contributed by atoms with E-state index in [1.54, 1.807) is 0 Å². The molecule has 0 bridgehead atoms. The molecule has 0 aromatic heterocycles. The average Bonchev–Trinajstić information content (AvgIpc) is 2.46. The molecule has 2 aliphatic rings. The Morgan fingerprint density at radius 2 is 1.86 bits per heavy atom. The highest BCUT2D eigenvalue weighted by molar-refractivity contribution is 5.81. The molecule has 0 radical (unpaired) electrons. The van der Waals surface area contributed by atoms with E-state index in [1.165, 1.54) is 0 Å². The lowest BCUT2D eigenvalue weighted by molar-refractivity contribution is 0.638. The average molecular weight is 298 g/mol. The normalized spacial score (nSPS) is 11.4. The van der Waals surface area contributed by atoms with Crippen LogP contribution in [0.15, 0.2) is 21.7 Å². The van der Waals surface area contributed by atoms with Crippen molar-refractivity contribution in [1.29, 1.82) is 0 Å². The van der Waals surface area contributed by atoms with E-state index in [2.05, 4.69) is 21.9 Å². The number of nitrogens with one attached hydrogen (secondary N) is 1. The van der Waals surface area contributed by atoms with Crippen molar-refractivity contribution in [2.45, 2.75) is 40.2 Å². The summed E-state index contributed by atoms with van der Waals surface area (Å²) in [5, 5.41) is 0. The number of aryl methyl sites for hydroxylation is 3. The van der Waals surface area contributed by atoms with Crippen molar-refractivity contribution >= 4 is 11.0 Å². The minimum atomic E-state index is -0.632. The minimum Gasteiger partial charge on any atom is -0.322 e. The highest BCUT2D eigenvalue weighted by atomic mass is 16.2. The number of benzene rings is 1. The Labute approximate surface area is 127 Å². The zero-order valence-corrected chi connectivity index (χ0v) is 12.9. The number of hydrogen-bond acceptors (Lipinski definition) is 4. The van der Waals surface area contributed by atoms with Gasteiger partial charge in [-0.2, -0.15) is 4.98 Å². The van der Waals surface area contributed by atoms with Gasteiger partial charge in [-0.15, -0.1) is 0 Å². The SMILES string of the molecule is CCCCn1c2nc(=O)[nH]c(=O)c-2nc2cc(C)c(C)cc21. The summed E-state index contributed by atoms with van der Waals surface area (Å²) in [6, 6.07) is 4.01. The first-order chi connectivity index (χ1) is 10.5. The number of aromatic nitrogens is 4. The topological polar surface area (TPSA) is 80.6 Å². The zero-order chi connectivity index (χ0) is 15.9. The van der Waals surface area contributed by atoms with Crippen LogP contribution in [-0.2, 0) is 6.54 Å². The smallest absolute Gasteiger partial charge is 0.322 e. The molecule has 6 heteroatoms. The Morgan fingerprint density at radius 3 is 2.59 bits per heavy atom. The van der Waals surface area contributed by atoms with Crippen LogP contribution in [0, 0.1) is 13.8 Å². The van der Waals surface area contributed by atoms with Gasteiger partial charge in [0, 0.05) is 6.54 Å². The Balaban J connectivity index is 2.47. The first-order valence-electron chi connectivity index (χ1n) is 7.43. The predicted octanol–water partition coefficient (Wildman–Crippen LogP) is 2.00. The van der Waals surface area contributed by atoms with Crippen LogP contribution in [0.4, 0.5) is 0 Å². The molecular formula is C16H18N4O2. The number of rotatable bonds is 3. The van der Waals surface area contributed by atoms with Crippen LogP contribution in [0.1, 0.15) is 30.9 Å². The fourth-order valence-corrected chi connectivity index (χ4v) is 2.59. The van der Waals surface area contributed by atoms with E-state index in [0.717, 1.165) is 35.0 Å². The molecule has 1 aromatic carbocycles. The minimum absolute atomic E-state index is 0.214. The number of hydrogen-bond donors (Lipinski definition) is 1. The van der Waals surface area contributed by atoms with E-state index in [9.17, 15) is 9.59 Å². The third-order valence-corrected chi connectivity index (χ3v) is 3.96. The molecule has 3 rings (SSSR count). The molecule has 0 saturated heterocycles. The molecule has 0 atom stereocenters. The van der Waals surface area contributed by atoms with Crippen LogP contribution in [0.2, 0.25) is 0 Å². The van der Waals surface area contributed by atoms with Gasteiger partial charge in [0.2, 0.25) is 0 Å². The van der Waals surface area contributed by atoms with Crippen LogP contribution in [0.3, 0.4) is 0 Å².